The molecule has 0 aliphatic rings. The summed E-state index contributed by atoms with van der Waals surface area (Å²) < 4.78 is 409. The first kappa shape index (κ1) is 87.6. The maximum absolute atomic E-state index is 14.4. The van der Waals surface area contributed by atoms with Gasteiger partial charge in [-0.2, -0.15) is 0 Å². The number of nitrogens with zero attached hydrogens (tertiary/aromatic N) is 1. The number of rotatable bonds is 29. The number of benzene rings is 7. The summed E-state index contributed by atoms with van der Waals surface area (Å²) in [5, 5.41) is 0. The second kappa shape index (κ2) is 38.2. The first-order valence-electron chi connectivity index (χ1n) is 32.7. The molecule has 0 aliphatic carbocycles. The summed E-state index contributed by atoms with van der Waals surface area (Å²) in [6.45, 7) is 11.3. The molecule has 36 heteroatoms. The van der Waals surface area contributed by atoms with Crippen molar-refractivity contribution in [2.24, 2.45) is 0 Å². The molecule has 0 bridgehead atoms. The summed E-state index contributed by atoms with van der Waals surface area (Å²) >= 11 is -11.9. The van der Waals surface area contributed by atoms with Gasteiger partial charge in [0.15, 0.2) is 175 Å². The Hall–Kier alpha value is -7.27. The van der Waals surface area contributed by atoms with Gasteiger partial charge in [0.25, 0.3) is 0 Å². The Balaban J connectivity index is 0.000000250. The zero-order chi connectivity index (χ0) is 79.4. The van der Waals surface area contributed by atoms with Gasteiger partial charge in [0.05, 0.1) is 5.69 Å². The van der Waals surface area contributed by atoms with Crippen molar-refractivity contribution in [3.05, 3.63) is 210 Å². The minimum Gasteiger partial charge on any atom is -0.544 e. The average molecular weight is 1600 g/mol. The molecule has 0 unspecified atom stereocenters. The zero-order valence-electron chi connectivity index (χ0n) is 56.3. The van der Waals surface area contributed by atoms with Crippen molar-refractivity contribution >= 4 is 63.2 Å². The number of aryl methyl sites for hydroxylation is 2. The molecule has 7 aromatic carbocycles. The van der Waals surface area contributed by atoms with E-state index in [0.29, 0.717) is 0 Å². The predicted octanol–water partition coefficient (Wildman–Crippen LogP) is 20.0. The number of halogens is 30. The Labute approximate surface area is 595 Å². The van der Waals surface area contributed by atoms with E-state index in [1.165, 1.54) is 133 Å². The lowest BCUT2D eigenvalue weighted by Gasteiger charge is -2.20. The van der Waals surface area contributed by atoms with E-state index in [9.17, 15) is 132 Å². The van der Waals surface area contributed by atoms with E-state index in [2.05, 4.69) is 62.7 Å². The van der Waals surface area contributed by atoms with Gasteiger partial charge in [-0.3, -0.25) is 0 Å². The molecule has 1 N–H and O–H groups in total. The molecule has 0 spiro atoms. The van der Waals surface area contributed by atoms with Gasteiger partial charge in [-0.25, -0.2) is 137 Å². The van der Waals surface area contributed by atoms with Crippen molar-refractivity contribution in [1.82, 2.24) is 9.97 Å². The number of nitrogens with one attached hydrogen (secondary N) is 1. The van der Waals surface area contributed by atoms with Gasteiger partial charge in [-0.15, -0.1) is 0 Å². The summed E-state index contributed by atoms with van der Waals surface area (Å²) in [5.74, 6) is -87.2. The number of H-pyrrole nitrogens is 1. The molecule has 1 aromatic heterocycles. The molecule has 8 aromatic rings. The van der Waals surface area contributed by atoms with E-state index in [-0.39, 0.29) is 0 Å². The molecule has 106 heavy (non-hydrogen) atoms. The van der Waals surface area contributed by atoms with Crippen LogP contribution in [0.4, 0.5) is 132 Å². The Morgan fingerprint density at radius 1 is 0.274 bits per heavy atom. The topological polar surface area (TPSA) is 37.9 Å². The van der Waals surface area contributed by atoms with Crippen LogP contribution in [0.25, 0.3) is 11.4 Å². The average Bonchev–Trinajstić information content (AvgIpc) is 0.773. The molecule has 1 heterocycles. The highest BCUT2D eigenvalue weighted by atomic mass is 28.4. The van der Waals surface area contributed by atoms with E-state index in [1.807, 2.05) is 0 Å². The van der Waals surface area contributed by atoms with Crippen molar-refractivity contribution in [2.45, 2.75) is 162 Å². The minimum atomic E-state index is -5.96. The molecule has 3 nitrogen and oxygen atoms in total. The van der Waals surface area contributed by atoms with Gasteiger partial charge in [0.2, 0.25) is 8.32 Å². The summed E-state index contributed by atoms with van der Waals surface area (Å²) in [7, 11) is -1.59. The Morgan fingerprint density at radius 2 is 0.472 bits per heavy atom. The number of hydrogen-bond donors (Lipinski definition) is 1. The number of unbranched alkanes of at least 4 members (excludes halogenated alkanes) is 16. The molecular formula is C70H60Al2F30N2OSi. The van der Waals surface area contributed by atoms with E-state index in [1.54, 1.807) is 0 Å². The van der Waals surface area contributed by atoms with E-state index >= 15 is 0 Å². The van der Waals surface area contributed by atoms with Crippen molar-refractivity contribution in [3.63, 3.8) is 0 Å². The van der Waals surface area contributed by atoms with Crippen molar-refractivity contribution in [2.75, 3.05) is 0 Å². The highest BCUT2D eigenvalue weighted by Crippen LogP contribution is 2.30. The maximum atomic E-state index is 14.4. The third kappa shape index (κ3) is 19.4. The van der Waals surface area contributed by atoms with Crippen LogP contribution >= 0.6 is 0 Å². The van der Waals surface area contributed by atoms with Crippen LogP contribution in [0, 0.1) is 175 Å². The molecule has 8 rings (SSSR count). The summed E-state index contributed by atoms with van der Waals surface area (Å²) in [5.41, 5.74) is 3.86. The van der Waals surface area contributed by atoms with Gasteiger partial charge in [-0.05, 0) is 96.1 Å². The van der Waals surface area contributed by atoms with Gasteiger partial charge in [0.1, 0.15) is 11.6 Å². The van der Waals surface area contributed by atoms with Gasteiger partial charge < -0.3 is 9.41 Å². The smallest absolute Gasteiger partial charge is 0.413 e. The van der Waals surface area contributed by atoms with Crippen molar-refractivity contribution < 1.29 is 136 Å². The van der Waals surface area contributed by atoms with Crippen LogP contribution in [0.1, 0.15) is 141 Å². The predicted molar refractivity (Wildman–Crippen MR) is 337 cm³/mol. The molecule has 0 fully saturated rings. The fourth-order valence-electron chi connectivity index (χ4n) is 11.4. The molecule has 576 valence electrons. The minimum absolute atomic E-state index is 0.976. The number of hydrogen-bond acceptors (Lipinski definition) is 2. The lowest BCUT2D eigenvalue weighted by molar-refractivity contribution is 0.380. The van der Waals surface area contributed by atoms with E-state index in [4.69, 9.17) is 9.41 Å². The van der Waals surface area contributed by atoms with Gasteiger partial charge in [0, 0.05) is 11.3 Å². The fourth-order valence-corrected chi connectivity index (χ4v) is 18.5. The first-order chi connectivity index (χ1) is 49.7. The Kier molecular flexibility index (Phi) is 31.6. The monoisotopic (exact) mass is 1600 g/mol. The first-order valence-corrected chi connectivity index (χ1v) is 39.6. The number of aromatic nitrogens is 2. The molecule has 0 radical (unpaired) electrons. The van der Waals surface area contributed by atoms with Crippen LogP contribution in [0.5, 0.6) is 5.75 Å². The molecule has 0 saturated carbocycles. The third-order valence-corrected chi connectivity index (χ3v) is 24.0. The summed E-state index contributed by atoms with van der Waals surface area (Å²) in [6.07, 6.45) is 26.9. The van der Waals surface area contributed by atoms with Crippen molar-refractivity contribution in [3.8, 4) is 17.1 Å². The Bertz CT molecular complexity index is 3720. The zero-order valence-corrected chi connectivity index (χ0v) is 59.6. The molecule has 0 saturated heterocycles. The maximum Gasteiger partial charge on any atom is 0.413 e. The van der Waals surface area contributed by atoms with Crippen LogP contribution in [0.3, 0.4) is 0 Å². The van der Waals surface area contributed by atoms with Crippen LogP contribution < -0.4 is 31.0 Å². The molecule has 0 aliphatic heterocycles. The van der Waals surface area contributed by atoms with Crippen molar-refractivity contribution in [1.29, 1.82) is 0 Å². The Morgan fingerprint density at radius 3 is 0.689 bits per heavy atom. The number of aromatic amines is 1. The van der Waals surface area contributed by atoms with Crippen LogP contribution in [-0.2, 0) is 12.8 Å². The largest absolute Gasteiger partial charge is 0.544 e. The quantitative estimate of drug-likeness (QED) is 0.0167. The van der Waals surface area contributed by atoms with E-state index in [0.717, 1.165) is 24.4 Å². The summed E-state index contributed by atoms with van der Waals surface area (Å²) in [4.78, 5) is 8.85. The van der Waals surface area contributed by atoms with Crippen LogP contribution in [-0.4, -0.2) is 46.6 Å². The molecular weight excluding hydrogens is 1540 g/mol. The molecule has 0 amide bonds. The molecule has 0 atom stereocenters. The van der Waals surface area contributed by atoms with Crippen LogP contribution in [0.15, 0.2) is 24.3 Å². The summed E-state index contributed by atoms with van der Waals surface area (Å²) in [6, 6.07) is 8.55. The van der Waals surface area contributed by atoms with Gasteiger partial charge >= 0.3 is 28.3 Å². The number of imidazole rings is 1. The SMILES string of the molecule is CCCCCCCCCCCc1nc(-c2ccc(O[Si](C)(C)C)cc2)[nH]c1CCCCCCCCCCC.Fc1c(F)c(F)[c]([Al]([c]2c(F)c(F)c(F)c(F)c2F)[c]2c(F)c(F)c(F)c(F)c2F)c(F)c1F.Fc1c(F)c(F)[c]([Al]([c]2c(F)c(F)c(F)c(F)c2F)[c]2c(F)c(F)c(F)c(F)c2F)c(F)c1F. The lowest BCUT2D eigenvalue weighted by Crippen LogP contribution is -2.60. The van der Waals surface area contributed by atoms with Crippen LogP contribution in [0.2, 0.25) is 19.6 Å². The highest BCUT2D eigenvalue weighted by molar-refractivity contribution is 6.96. The standard InChI is InChI=1S/C34H60N2OSi.6C6F5.2Al/c1-6-8-10-12-14-16-18-20-22-24-32-33(25-23-21-19-17-15-13-11-9-7-2)36-34(35-32)30-26-28-31(29-27-30)37-38(3,4)5;6*7-2-1-3(8)5(10)6(11)4(2)9;;/h26-29H,6-25H2,1-5H3,(H,35,36);;;;;;;;. The normalized spacial score (nSPS) is 11.5. The second-order valence-electron chi connectivity index (χ2n) is 25.2. The lowest BCUT2D eigenvalue weighted by atomic mass is 10.0. The second-order valence-corrected chi connectivity index (χ2v) is 34.8. The fraction of sp³-hybridized carbons (Fsp3) is 0.357. The van der Waals surface area contributed by atoms with E-state index < -0.39 is 238 Å². The highest BCUT2D eigenvalue weighted by Gasteiger charge is 2.49. The third-order valence-electron chi connectivity index (χ3n) is 16.7. The van der Waals surface area contributed by atoms with Gasteiger partial charge in [-0.1, -0.05) is 117 Å².